The van der Waals surface area contributed by atoms with Gasteiger partial charge in [-0.2, -0.15) is 0 Å². The Bertz CT molecular complexity index is 887. The van der Waals surface area contributed by atoms with Crippen LogP contribution in [-0.2, 0) is 6.42 Å². The van der Waals surface area contributed by atoms with Gasteiger partial charge in [-0.15, -0.1) is 11.3 Å². The van der Waals surface area contributed by atoms with Crippen LogP contribution >= 0.6 is 11.3 Å². The fraction of sp³-hybridized carbons (Fsp3) is 0.250. The van der Waals surface area contributed by atoms with Crippen LogP contribution in [0.15, 0.2) is 42.7 Å². The van der Waals surface area contributed by atoms with E-state index in [0.717, 1.165) is 28.2 Å². The molecule has 0 aliphatic carbocycles. The van der Waals surface area contributed by atoms with E-state index in [2.05, 4.69) is 15.3 Å². The van der Waals surface area contributed by atoms with E-state index >= 15 is 0 Å². The molecule has 0 bridgehead atoms. The Morgan fingerprint density at radius 1 is 1.08 bits per heavy atom. The van der Waals surface area contributed by atoms with Gasteiger partial charge in [0.05, 0.1) is 5.69 Å². The highest BCUT2D eigenvalue weighted by atomic mass is 32.1. The van der Waals surface area contributed by atoms with Crippen molar-refractivity contribution in [3.63, 3.8) is 0 Å². The third-order valence-corrected chi connectivity index (χ3v) is 5.49. The van der Waals surface area contributed by atoms with Crippen molar-refractivity contribution >= 4 is 17.2 Å². The molecule has 1 amide bonds. The second-order valence-electron chi connectivity index (χ2n) is 6.07. The number of carbonyl (C=O) groups excluding carboxylic acids is 1. The lowest BCUT2D eigenvalue weighted by Crippen LogP contribution is -2.25. The minimum absolute atomic E-state index is 0.0281. The van der Waals surface area contributed by atoms with Crippen molar-refractivity contribution in [2.24, 2.45) is 0 Å². The summed E-state index contributed by atoms with van der Waals surface area (Å²) in [6.45, 7) is 6.68. The molecule has 5 heteroatoms. The largest absolute Gasteiger partial charge is 0.352 e. The first kappa shape index (κ1) is 17.3. The summed E-state index contributed by atoms with van der Waals surface area (Å²) in [6.07, 6.45) is 4.33. The van der Waals surface area contributed by atoms with E-state index in [1.54, 1.807) is 23.7 Å². The molecule has 4 nitrogen and oxygen atoms in total. The molecule has 0 unspecified atom stereocenters. The number of thiazole rings is 1. The van der Waals surface area contributed by atoms with Gasteiger partial charge in [-0.3, -0.25) is 9.78 Å². The van der Waals surface area contributed by atoms with Crippen molar-refractivity contribution in [3.05, 3.63) is 70.0 Å². The zero-order chi connectivity index (χ0) is 17.8. The highest BCUT2D eigenvalue weighted by Gasteiger charge is 2.11. The number of nitrogens with zero attached hydrogens (tertiary/aromatic N) is 2. The smallest absolute Gasteiger partial charge is 0.251 e. The molecule has 0 saturated heterocycles. The van der Waals surface area contributed by atoms with Crippen molar-refractivity contribution in [2.75, 3.05) is 6.54 Å². The molecule has 1 N–H and O–H groups in total. The minimum atomic E-state index is -0.0281. The van der Waals surface area contributed by atoms with Gasteiger partial charge in [0.15, 0.2) is 0 Å². The second-order valence-corrected chi connectivity index (χ2v) is 7.15. The molecule has 0 saturated carbocycles. The molecule has 128 valence electrons. The molecule has 0 radical (unpaired) electrons. The van der Waals surface area contributed by atoms with Crippen molar-refractivity contribution in [1.29, 1.82) is 0 Å². The van der Waals surface area contributed by atoms with Gasteiger partial charge in [0.2, 0.25) is 0 Å². The number of carbonyl (C=O) groups is 1. The van der Waals surface area contributed by atoms with E-state index < -0.39 is 0 Å². The Hall–Kier alpha value is -2.53. The van der Waals surface area contributed by atoms with Gasteiger partial charge in [0.1, 0.15) is 5.01 Å². The molecule has 3 aromatic rings. The zero-order valence-corrected chi connectivity index (χ0v) is 15.5. The number of nitrogens with one attached hydrogen (secondary N) is 1. The van der Waals surface area contributed by atoms with Gasteiger partial charge in [-0.25, -0.2) is 4.98 Å². The van der Waals surface area contributed by atoms with Gasteiger partial charge < -0.3 is 5.32 Å². The quantitative estimate of drug-likeness (QED) is 0.753. The monoisotopic (exact) mass is 351 g/mol. The molecule has 1 aromatic carbocycles. The van der Waals surface area contributed by atoms with Gasteiger partial charge in [0, 0.05) is 41.4 Å². The van der Waals surface area contributed by atoms with Crippen molar-refractivity contribution in [2.45, 2.75) is 27.2 Å². The number of hydrogen-bond donors (Lipinski definition) is 1. The van der Waals surface area contributed by atoms with Gasteiger partial charge in [0.25, 0.3) is 5.91 Å². The predicted molar refractivity (Wildman–Crippen MR) is 102 cm³/mol. The number of aromatic nitrogens is 2. The van der Waals surface area contributed by atoms with Crippen LogP contribution in [0.5, 0.6) is 0 Å². The minimum Gasteiger partial charge on any atom is -0.352 e. The lowest BCUT2D eigenvalue weighted by molar-refractivity contribution is 0.0954. The van der Waals surface area contributed by atoms with Gasteiger partial charge in [-0.05, 0) is 56.2 Å². The number of pyridine rings is 1. The van der Waals surface area contributed by atoms with Crippen LogP contribution in [0.2, 0.25) is 0 Å². The molecule has 25 heavy (non-hydrogen) atoms. The first-order valence-corrected chi connectivity index (χ1v) is 9.08. The maximum Gasteiger partial charge on any atom is 0.251 e. The molecule has 0 fully saturated rings. The molecular weight excluding hydrogens is 330 g/mol. The summed E-state index contributed by atoms with van der Waals surface area (Å²) in [6, 6.07) is 9.72. The van der Waals surface area contributed by atoms with E-state index in [1.165, 1.54) is 10.4 Å². The van der Waals surface area contributed by atoms with Crippen molar-refractivity contribution < 1.29 is 4.79 Å². The van der Waals surface area contributed by atoms with Crippen LogP contribution in [0.3, 0.4) is 0 Å². The molecular formula is C20H21N3OS. The highest BCUT2D eigenvalue weighted by Crippen LogP contribution is 2.27. The summed E-state index contributed by atoms with van der Waals surface area (Å²) >= 11 is 1.67. The Morgan fingerprint density at radius 2 is 1.84 bits per heavy atom. The Kier molecular flexibility index (Phi) is 5.24. The molecule has 0 aliphatic rings. The van der Waals surface area contributed by atoms with E-state index in [0.29, 0.717) is 12.1 Å². The van der Waals surface area contributed by atoms with Crippen LogP contribution in [0.25, 0.3) is 10.6 Å². The normalized spacial score (nSPS) is 10.7. The van der Waals surface area contributed by atoms with E-state index in [4.69, 9.17) is 0 Å². The molecule has 3 rings (SSSR count). The standard InChI is InChI=1S/C20H21N3OS/c1-13-4-5-17(12-14(13)2)19(24)22-11-8-18-15(3)23-20(25-18)16-6-9-21-10-7-16/h4-7,9-10,12H,8,11H2,1-3H3,(H,22,24). The average Bonchev–Trinajstić information content (AvgIpc) is 2.99. The summed E-state index contributed by atoms with van der Waals surface area (Å²) in [7, 11) is 0. The van der Waals surface area contributed by atoms with Crippen LogP contribution in [0.4, 0.5) is 0 Å². The van der Waals surface area contributed by atoms with Gasteiger partial charge >= 0.3 is 0 Å². The third-order valence-electron chi connectivity index (χ3n) is 4.23. The lowest BCUT2D eigenvalue weighted by atomic mass is 10.1. The maximum atomic E-state index is 12.3. The summed E-state index contributed by atoms with van der Waals surface area (Å²) in [5.41, 5.74) is 5.14. The van der Waals surface area contributed by atoms with Crippen LogP contribution in [-0.4, -0.2) is 22.4 Å². The molecule has 2 aromatic heterocycles. The van der Waals surface area contributed by atoms with Crippen molar-refractivity contribution in [3.8, 4) is 10.6 Å². The summed E-state index contributed by atoms with van der Waals surface area (Å²) < 4.78 is 0. The topological polar surface area (TPSA) is 54.9 Å². The van der Waals surface area contributed by atoms with Crippen LogP contribution in [0, 0.1) is 20.8 Å². The summed E-state index contributed by atoms with van der Waals surface area (Å²) in [4.78, 5) is 22.2. The Labute approximate surface area is 152 Å². The number of rotatable bonds is 5. The fourth-order valence-corrected chi connectivity index (χ4v) is 3.62. The van der Waals surface area contributed by atoms with E-state index in [1.807, 2.05) is 51.1 Å². The average molecular weight is 351 g/mol. The summed E-state index contributed by atoms with van der Waals surface area (Å²) in [5, 5.41) is 4.00. The Morgan fingerprint density at radius 3 is 2.56 bits per heavy atom. The number of aryl methyl sites for hydroxylation is 3. The number of benzene rings is 1. The Balaban J connectivity index is 1.61. The molecule has 0 atom stereocenters. The summed E-state index contributed by atoms with van der Waals surface area (Å²) in [5.74, 6) is -0.0281. The predicted octanol–water partition coefficient (Wildman–Crippen LogP) is 4.10. The van der Waals surface area contributed by atoms with Crippen molar-refractivity contribution in [1.82, 2.24) is 15.3 Å². The first-order valence-electron chi connectivity index (χ1n) is 8.27. The molecule has 0 aliphatic heterocycles. The maximum absolute atomic E-state index is 12.3. The first-order chi connectivity index (χ1) is 12.0. The zero-order valence-electron chi connectivity index (χ0n) is 14.7. The molecule has 0 spiro atoms. The van der Waals surface area contributed by atoms with Crippen LogP contribution in [0.1, 0.15) is 32.1 Å². The number of amides is 1. The second kappa shape index (κ2) is 7.57. The van der Waals surface area contributed by atoms with E-state index in [9.17, 15) is 4.79 Å². The number of hydrogen-bond acceptors (Lipinski definition) is 4. The fourth-order valence-electron chi connectivity index (χ4n) is 2.55. The lowest BCUT2D eigenvalue weighted by Gasteiger charge is -2.07. The van der Waals surface area contributed by atoms with E-state index in [-0.39, 0.29) is 5.91 Å². The van der Waals surface area contributed by atoms with Crippen LogP contribution < -0.4 is 5.32 Å². The molecule has 2 heterocycles. The third kappa shape index (κ3) is 4.12. The highest BCUT2D eigenvalue weighted by molar-refractivity contribution is 7.15. The SMILES string of the molecule is Cc1ccc(C(=O)NCCc2sc(-c3ccncc3)nc2C)cc1C. The van der Waals surface area contributed by atoms with Gasteiger partial charge in [-0.1, -0.05) is 6.07 Å².